The van der Waals surface area contributed by atoms with Gasteiger partial charge in [-0.1, -0.05) is 90.9 Å². The Balaban J connectivity index is 2.25. The Morgan fingerprint density at radius 2 is 0.733 bits per heavy atom. The van der Waals surface area contributed by atoms with Gasteiger partial charge in [-0.15, -0.1) is 0 Å². The van der Waals surface area contributed by atoms with Gasteiger partial charge in [-0.05, 0) is 39.5 Å². The van der Waals surface area contributed by atoms with Crippen LogP contribution in [0.4, 0.5) is 0 Å². The first kappa shape index (κ1) is 28.0. The lowest BCUT2D eigenvalue weighted by Crippen LogP contribution is -2.72. The number of rotatable bonds is 18. The van der Waals surface area contributed by atoms with Crippen molar-refractivity contribution in [3.05, 3.63) is 0 Å². The fourth-order valence-electron chi connectivity index (χ4n) is 5.80. The highest BCUT2D eigenvalue weighted by molar-refractivity contribution is 4.66. The number of likely N-dealkylation sites (N-methyl/N-ethyl adjacent to an activating group) is 2. The Morgan fingerprint density at radius 3 is 1.03 bits per heavy atom. The van der Waals surface area contributed by atoms with Crippen molar-refractivity contribution in [3.8, 4) is 0 Å². The summed E-state index contributed by atoms with van der Waals surface area (Å²) >= 11 is 0. The molecule has 0 bridgehead atoms. The van der Waals surface area contributed by atoms with Crippen molar-refractivity contribution in [2.45, 2.75) is 143 Å². The van der Waals surface area contributed by atoms with E-state index in [0.717, 1.165) is 12.1 Å². The van der Waals surface area contributed by atoms with Gasteiger partial charge in [0.05, 0.1) is 27.2 Å². The Kier molecular flexibility index (Phi) is 14.6. The van der Waals surface area contributed by atoms with Crippen molar-refractivity contribution in [1.82, 2.24) is 0 Å². The molecule has 0 spiro atoms. The minimum atomic E-state index is 0.810. The van der Waals surface area contributed by atoms with Crippen LogP contribution in [0, 0.1) is 0 Å². The molecule has 1 aliphatic rings. The van der Waals surface area contributed by atoms with Crippen LogP contribution in [0.1, 0.15) is 130 Å². The van der Waals surface area contributed by atoms with Gasteiger partial charge in [0.1, 0.15) is 25.2 Å². The zero-order valence-electron chi connectivity index (χ0n) is 22.2. The first-order valence-corrected chi connectivity index (χ1v) is 14.1. The molecule has 0 N–H and O–H groups in total. The standard InChI is InChI=1S/C28H60N2/c1-7-9-11-13-15-17-19-21-23-29(5)25-28(4)30(6,26-27(29)3)24-22-20-18-16-14-12-10-8-2/h27-28H,7-26H2,1-6H3/q+2. The van der Waals surface area contributed by atoms with E-state index in [-0.39, 0.29) is 0 Å². The third-order valence-electron chi connectivity index (χ3n) is 8.54. The quantitative estimate of drug-likeness (QED) is 0.155. The summed E-state index contributed by atoms with van der Waals surface area (Å²) in [4.78, 5) is 0. The fourth-order valence-corrected chi connectivity index (χ4v) is 5.80. The van der Waals surface area contributed by atoms with Crippen molar-refractivity contribution in [3.63, 3.8) is 0 Å². The third-order valence-corrected chi connectivity index (χ3v) is 8.54. The molecule has 1 rings (SSSR count). The molecule has 180 valence electrons. The lowest BCUT2D eigenvalue weighted by Gasteiger charge is -2.54. The molecule has 0 amide bonds. The van der Waals surface area contributed by atoms with Crippen LogP contribution in [-0.2, 0) is 0 Å². The topological polar surface area (TPSA) is 0 Å². The van der Waals surface area contributed by atoms with Crippen LogP contribution >= 0.6 is 0 Å². The minimum absolute atomic E-state index is 0.810. The van der Waals surface area contributed by atoms with Gasteiger partial charge in [0.2, 0.25) is 0 Å². The summed E-state index contributed by atoms with van der Waals surface area (Å²) in [6.07, 6.45) is 23.0. The van der Waals surface area contributed by atoms with Crippen LogP contribution in [0.15, 0.2) is 0 Å². The van der Waals surface area contributed by atoms with Crippen molar-refractivity contribution in [1.29, 1.82) is 0 Å². The molecule has 1 aliphatic heterocycles. The van der Waals surface area contributed by atoms with Crippen LogP contribution in [0.5, 0.6) is 0 Å². The van der Waals surface area contributed by atoms with Gasteiger partial charge in [-0.3, -0.25) is 0 Å². The molecule has 4 unspecified atom stereocenters. The SMILES string of the molecule is CCCCCCCCCC[N+]1(C)CC(C)[N+](C)(CCCCCCCCCC)CC1C. The maximum absolute atomic E-state index is 2.56. The Hall–Kier alpha value is -0.0800. The van der Waals surface area contributed by atoms with Gasteiger partial charge < -0.3 is 8.97 Å². The zero-order chi connectivity index (χ0) is 22.3. The van der Waals surface area contributed by atoms with Crippen molar-refractivity contribution >= 4 is 0 Å². The summed E-state index contributed by atoms with van der Waals surface area (Å²) in [5.74, 6) is 0. The van der Waals surface area contributed by atoms with E-state index in [4.69, 9.17) is 0 Å². The number of hydrogen-bond acceptors (Lipinski definition) is 0. The minimum Gasteiger partial charge on any atom is -0.314 e. The molecule has 1 heterocycles. The molecule has 1 fully saturated rings. The van der Waals surface area contributed by atoms with Crippen molar-refractivity contribution in [2.75, 3.05) is 40.3 Å². The third kappa shape index (κ3) is 10.5. The molecule has 1 saturated heterocycles. The van der Waals surface area contributed by atoms with Gasteiger partial charge in [-0.2, -0.15) is 0 Å². The highest BCUT2D eigenvalue weighted by Crippen LogP contribution is 2.28. The second-order valence-corrected chi connectivity index (χ2v) is 11.4. The van der Waals surface area contributed by atoms with Gasteiger partial charge >= 0.3 is 0 Å². The van der Waals surface area contributed by atoms with E-state index in [1.807, 2.05) is 0 Å². The molecule has 0 aliphatic carbocycles. The van der Waals surface area contributed by atoms with E-state index in [2.05, 4.69) is 41.8 Å². The Labute approximate surface area is 192 Å². The molecule has 4 atom stereocenters. The van der Waals surface area contributed by atoms with Crippen LogP contribution in [0.25, 0.3) is 0 Å². The maximum Gasteiger partial charge on any atom is 0.136 e. The lowest BCUT2D eigenvalue weighted by atomic mass is 9.99. The number of nitrogens with zero attached hydrogens (tertiary/aromatic N) is 2. The summed E-state index contributed by atoms with van der Waals surface area (Å²) in [5.41, 5.74) is 0. The first-order valence-electron chi connectivity index (χ1n) is 14.1. The van der Waals surface area contributed by atoms with E-state index in [9.17, 15) is 0 Å². The summed E-state index contributed by atoms with van der Waals surface area (Å²) in [5, 5.41) is 0. The lowest BCUT2D eigenvalue weighted by molar-refractivity contribution is -1.05. The van der Waals surface area contributed by atoms with E-state index >= 15 is 0 Å². The Morgan fingerprint density at radius 1 is 0.467 bits per heavy atom. The van der Waals surface area contributed by atoms with Crippen molar-refractivity contribution < 1.29 is 8.97 Å². The highest BCUT2D eigenvalue weighted by Gasteiger charge is 2.46. The molecule has 0 aromatic carbocycles. The molecule has 30 heavy (non-hydrogen) atoms. The Bertz CT molecular complexity index is 371. The van der Waals surface area contributed by atoms with Crippen LogP contribution in [0.3, 0.4) is 0 Å². The van der Waals surface area contributed by atoms with E-state index in [0.29, 0.717) is 0 Å². The molecule has 0 saturated carbocycles. The molecular weight excluding hydrogens is 364 g/mol. The smallest absolute Gasteiger partial charge is 0.136 e. The number of piperazine rings is 1. The van der Waals surface area contributed by atoms with Gasteiger partial charge in [0.15, 0.2) is 0 Å². The van der Waals surface area contributed by atoms with Crippen LogP contribution in [-0.4, -0.2) is 61.3 Å². The van der Waals surface area contributed by atoms with E-state index < -0.39 is 0 Å². The monoisotopic (exact) mass is 424 g/mol. The second kappa shape index (κ2) is 15.7. The summed E-state index contributed by atoms with van der Waals surface area (Å²) in [6, 6.07) is 1.62. The van der Waals surface area contributed by atoms with Crippen LogP contribution < -0.4 is 0 Å². The number of unbranched alkanes of at least 4 members (excludes halogenated alkanes) is 14. The normalized spacial score (nSPS) is 29.4. The maximum atomic E-state index is 2.56. The number of hydrogen-bond donors (Lipinski definition) is 0. The van der Waals surface area contributed by atoms with E-state index in [1.165, 1.54) is 138 Å². The average molecular weight is 425 g/mol. The van der Waals surface area contributed by atoms with Gasteiger partial charge in [0, 0.05) is 0 Å². The first-order chi connectivity index (χ1) is 14.4. The largest absolute Gasteiger partial charge is 0.314 e. The van der Waals surface area contributed by atoms with Gasteiger partial charge in [-0.25, -0.2) is 0 Å². The van der Waals surface area contributed by atoms with Crippen molar-refractivity contribution in [2.24, 2.45) is 0 Å². The second-order valence-electron chi connectivity index (χ2n) is 11.4. The molecule has 0 aromatic heterocycles. The average Bonchev–Trinajstić information content (AvgIpc) is 2.71. The molecular formula is C28H60N2+2. The number of quaternary nitrogens is 2. The van der Waals surface area contributed by atoms with E-state index in [1.54, 1.807) is 0 Å². The summed E-state index contributed by atoms with van der Waals surface area (Å²) in [6.45, 7) is 15.3. The highest BCUT2D eigenvalue weighted by atomic mass is 15.5. The molecule has 2 heteroatoms. The molecule has 0 aromatic rings. The summed E-state index contributed by atoms with van der Waals surface area (Å²) in [7, 11) is 5.12. The fraction of sp³-hybridized carbons (Fsp3) is 1.00. The molecule has 2 nitrogen and oxygen atoms in total. The predicted octanol–water partition coefficient (Wildman–Crippen LogP) is 7.95. The summed E-state index contributed by atoms with van der Waals surface area (Å²) < 4.78 is 2.64. The molecule has 0 radical (unpaired) electrons. The predicted molar refractivity (Wildman–Crippen MR) is 136 cm³/mol. The van der Waals surface area contributed by atoms with Gasteiger partial charge in [0.25, 0.3) is 0 Å². The van der Waals surface area contributed by atoms with Crippen LogP contribution in [0.2, 0.25) is 0 Å². The zero-order valence-corrected chi connectivity index (χ0v) is 22.2.